The smallest absolute Gasteiger partial charge is 0.228 e. The van der Waals surface area contributed by atoms with Crippen LogP contribution in [-0.4, -0.2) is 61.6 Å². The highest BCUT2D eigenvalue weighted by Crippen LogP contribution is 2.19. The standard InChI is InChI=1S/C20H32N6O3/c1-15(2)18-24-19(22-9-11-29-13-12-28-10-8-21)26-20(25-18)23-14-16-6-4-5-7-17(16)27-3/h4-7,15H,8-14,21H2,1-3H3,(H2,22,23,24,25,26). The van der Waals surface area contributed by atoms with Crippen LogP contribution in [-0.2, 0) is 16.0 Å². The molecule has 0 aliphatic rings. The Bertz CT molecular complexity index is 729. The Kier molecular flexibility index (Phi) is 10.1. The van der Waals surface area contributed by atoms with E-state index in [-0.39, 0.29) is 5.92 Å². The lowest BCUT2D eigenvalue weighted by atomic mass is 10.2. The van der Waals surface area contributed by atoms with Gasteiger partial charge in [0.05, 0.1) is 33.5 Å². The maximum atomic E-state index is 5.51. The van der Waals surface area contributed by atoms with Gasteiger partial charge in [-0.15, -0.1) is 0 Å². The quantitative estimate of drug-likeness (QED) is 0.407. The number of nitrogens with zero attached hydrogens (tertiary/aromatic N) is 3. The largest absolute Gasteiger partial charge is 0.496 e. The number of hydrogen-bond acceptors (Lipinski definition) is 9. The molecule has 29 heavy (non-hydrogen) atoms. The first kappa shape index (κ1) is 22.8. The molecule has 2 aromatic rings. The van der Waals surface area contributed by atoms with Gasteiger partial charge in [0.2, 0.25) is 11.9 Å². The van der Waals surface area contributed by atoms with E-state index in [0.29, 0.717) is 58.0 Å². The monoisotopic (exact) mass is 404 g/mol. The van der Waals surface area contributed by atoms with E-state index in [1.807, 2.05) is 38.1 Å². The molecule has 0 aliphatic heterocycles. The van der Waals surface area contributed by atoms with Crippen molar-refractivity contribution in [1.82, 2.24) is 15.0 Å². The zero-order valence-corrected chi connectivity index (χ0v) is 17.5. The SMILES string of the molecule is COc1ccccc1CNc1nc(NCCOCCOCCN)nc(C(C)C)n1. The first-order valence-electron chi connectivity index (χ1n) is 9.85. The molecule has 0 saturated heterocycles. The molecular formula is C20H32N6O3. The zero-order valence-electron chi connectivity index (χ0n) is 17.5. The van der Waals surface area contributed by atoms with Crippen LogP contribution < -0.4 is 21.1 Å². The van der Waals surface area contributed by atoms with Gasteiger partial charge in [-0.25, -0.2) is 0 Å². The molecule has 0 atom stereocenters. The van der Waals surface area contributed by atoms with Gasteiger partial charge in [-0.1, -0.05) is 32.0 Å². The van der Waals surface area contributed by atoms with Crippen LogP contribution in [0.25, 0.3) is 0 Å². The van der Waals surface area contributed by atoms with Crippen LogP contribution in [0.1, 0.15) is 31.2 Å². The van der Waals surface area contributed by atoms with Crippen LogP contribution in [0.3, 0.4) is 0 Å². The van der Waals surface area contributed by atoms with Crippen molar-refractivity contribution in [3.8, 4) is 5.75 Å². The van der Waals surface area contributed by atoms with Gasteiger partial charge in [-0.2, -0.15) is 15.0 Å². The number of methoxy groups -OCH3 is 1. The number of para-hydroxylation sites is 1. The van der Waals surface area contributed by atoms with E-state index >= 15 is 0 Å². The fourth-order valence-electron chi connectivity index (χ4n) is 2.47. The Labute approximate surface area is 172 Å². The number of ether oxygens (including phenoxy) is 3. The summed E-state index contributed by atoms with van der Waals surface area (Å²) in [5.74, 6) is 2.77. The molecule has 0 fully saturated rings. The number of benzene rings is 1. The molecule has 1 aromatic carbocycles. The minimum atomic E-state index is 0.182. The van der Waals surface area contributed by atoms with Crippen LogP contribution in [0.5, 0.6) is 5.75 Å². The van der Waals surface area contributed by atoms with E-state index in [9.17, 15) is 0 Å². The summed E-state index contributed by atoms with van der Waals surface area (Å²) in [6, 6.07) is 7.85. The molecule has 0 unspecified atom stereocenters. The van der Waals surface area contributed by atoms with Crippen molar-refractivity contribution in [2.75, 3.05) is 57.3 Å². The van der Waals surface area contributed by atoms with Gasteiger partial charge in [-0.3, -0.25) is 0 Å². The molecule has 1 aromatic heterocycles. The predicted molar refractivity (Wildman–Crippen MR) is 113 cm³/mol. The summed E-state index contributed by atoms with van der Waals surface area (Å²) in [5.41, 5.74) is 6.39. The van der Waals surface area contributed by atoms with Crippen LogP contribution in [0.2, 0.25) is 0 Å². The van der Waals surface area contributed by atoms with Gasteiger partial charge in [0.15, 0.2) is 0 Å². The van der Waals surface area contributed by atoms with Crippen LogP contribution in [0.4, 0.5) is 11.9 Å². The van der Waals surface area contributed by atoms with E-state index in [1.54, 1.807) is 7.11 Å². The summed E-state index contributed by atoms with van der Waals surface area (Å²) in [7, 11) is 1.66. The van der Waals surface area contributed by atoms with E-state index in [2.05, 4.69) is 25.6 Å². The molecule has 160 valence electrons. The molecule has 1 heterocycles. The van der Waals surface area contributed by atoms with Crippen LogP contribution in [0, 0.1) is 0 Å². The molecule has 0 aliphatic carbocycles. The summed E-state index contributed by atoms with van der Waals surface area (Å²) < 4.78 is 16.2. The van der Waals surface area contributed by atoms with Crippen molar-refractivity contribution in [3.63, 3.8) is 0 Å². The van der Waals surface area contributed by atoms with Crippen LogP contribution >= 0.6 is 0 Å². The third-order valence-corrected chi connectivity index (χ3v) is 3.96. The van der Waals surface area contributed by atoms with Gasteiger partial charge in [0.25, 0.3) is 0 Å². The highest BCUT2D eigenvalue weighted by Gasteiger charge is 2.10. The van der Waals surface area contributed by atoms with Crippen molar-refractivity contribution in [2.24, 2.45) is 5.73 Å². The molecular weight excluding hydrogens is 372 g/mol. The predicted octanol–water partition coefficient (Wildman–Crippen LogP) is 2.02. The number of anilines is 2. The number of aromatic nitrogens is 3. The summed E-state index contributed by atoms with van der Waals surface area (Å²) in [5, 5.41) is 6.45. The van der Waals surface area contributed by atoms with Crippen molar-refractivity contribution < 1.29 is 14.2 Å². The van der Waals surface area contributed by atoms with E-state index in [1.165, 1.54) is 0 Å². The average molecular weight is 405 g/mol. The molecule has 2 rings (SSSR count). The summed E-state index contributed by atoms with van der Waals surface area (Å²) in [6.07, 6.45) is 0. The average Bonchev–Trinajstić information content (AvgIpc) is 2.74. The van der Waals surface area contributed by atoms with Gasteiger partial charge in [0, 0.05) is 31.1 Å². The first-order chi connectivity index (χ1) is 14.1. The highest BCUT2D eigenvalue weighted by molar-refractivity contribution is 5.39. The topological polar surface area (TPSA) is 116 Å². The Morgan fingerprint density at radius 3 is 2.31 bits per heavy atom. The van der Waals surface area contributed by atoms with Crippen molar-refractivity contribution in [1.29, 1.82) is 0 Å². The molecule has 9 heteroatoms. The van der Waals surface area contributed by atoms with Crippen molar-refractivity contribution >= 4 is 11.9 Å². The molecule has 0 radical (unpaired) electrons. The molecule has 0 saturated carbocycles. The summed E-state index contributed by atoms with van der Waals surface area (Å²) in [4.78, 5) is 13.5. The third-order valence-electron chi connectivity index (χ3n) is 3.96. The number of nitrogens with one attached hydrogen (secondary N) is 2. The van der Waals surface area contributed by atoms with E-state index < -0.39 is 0 Å². The molecule has 0 spiro atoms. The molecule has 4 N–H and O–H groups in total. The second kappa shape index (κ2) is 12.9. The maximum absolute atomic E-state index is 5.51. The first-order valence-corrected chi connectivity index (χ1v) is 9.85. The lowest BCUT2D eigenvalue weighted by Crippen LogP contribution is -2.17. The molecule has 0 bridgehead atoms. The van der Waals surface area contributed by atoms with Crippen LogP contribution in [0.15, 0.2) is 24.3 Å². The van der Waals surface area contributed by atoms with E-state index in [0.717, 1.165) is 17.1 Å². The maximum Gasteiger partial charge on any atom is 0.228 e. The number of nitrogens with two attached hydrogens (primary N) is 1. The lowest BCUT2D eigenvalue weighted by molar-refractivity contribution is 0.0547. The normalized spacial score (nSPS) is 10.9. The Balaban J connectivity index is 1.89. The Hall–Kier alpha value is -2.49. The lowest BCUT2D eigenvalue weighted by Gasteiger charge is -2.13. The summed E-state index contributed by atoms with van der Waals surface area (Å²) >= 11 is 0. The van der Waals surface area contributed by atoms with Gasteiger partial charge < -0.3 is 30.6 Å². The second-order valence-corrected chi connectivity index (χ2v) is 6.60. The zero-order chi connectivity index (χ0) is 20.9. The minimum absolute atomic E-state index is 0.182. The van der Waals surface area contributed by atoms with Gasteiger partial charge in [0.1, 0.15) is 11.6 Å². The van der Waals surface area contributed by atoms with Crippen molar-refractivity contribution in [3.05, 3.63) is 35.7 Å². The third kappa shape index (κ3) is 8.18. The van der Waals surface area contributed by atoms with E-state index in [4.69, 9.17) is 19.9 Å². The second-order valence-electron chi connectivity index (χ2n) is 6.60. The fraction of sp³-hybridized carbons (Fsp3) is 0.550. The number of rotatable bonds is 14. The fourth-order valence-corrected chi connectivity index (χ4v) is 2.47. The van der Waals surface area contributed by atoms with Crippen molar-refractivity contribution in [2.45, 2.75) is 26.3 Å². The molecule has 9 nitrogen and oxygen atoms in total. The van der Waals surface area contributed by atoms with Gasteiger partial charge in [-0.05, 0) is 6.07 Å². The summed E-state index contributed by atoms with van der Waals surface area (Å²) in [6.45, 7) is 7.90. The highest BCUT2D eigenvalue weighted by atomic mass is 16.5. The Morgan fingerprint density at radius 1 is 0.931 bits per heavy atom. The van der Waals surface area contributed by atoms with Gasteiger partial charge >= 0.3 is 0 Å². The molecule has 0 amide bonds. The number of hydrogen-bond donors (Lipinski definition) is 3. The minimum Gasteiger partial charge on any atom is -0.496 e. The Morgan fingerprint density at radius 2 is 1.62 bits per heavy atom.